The summed E-state index contributed by atoms with van der Waals surface area (Å²) >= 11 is 0. The van der Waals surface area contributed by atoms with Gasteiger partial charge in [-0.2, -0.15) is 0 Å². The van der Waals surface area contributed by atoms with E-state index >= 15 is 0 Å². The third-order valence-corrected chi connectivity index (χ3v) is 4.13. The number of aliphatic carboxylic acids is 1. The number of hydrogen-bond donors (Lipinski definition) is 2. The standard InChI is InChI=1S/C13H16N4O3/c14-11-10(15-3-4-16-11)12(18)17-5-8(7-1-2-7)9(6-17)13(19)20/h3-4,7-9H,1-2,5-6H2,(H2,14,16)(H,19,20)/t8-,9+/m1/s1. The molecule has 106 valence electrons. The van der Waals surface area contributed by atoms with Crippen molar-refractivity contribution < 1.29 is 14.7 Å². The van der Waals surface area contributed by atoms with E-state index in [0.29, 0.717) is 12.5 Å². The lowest BCUT2D eigenvalue weighted by Gasteiger charge is -2.16. The van der Waals surface area contributed by atoms with Gasteiger partial charge in [-0.3, -0.25) is 9.59 Å². The number of hydrogen-bond acceptors (Lipinski definition) is 5. The predicted molar refractivity (Wildman–Crippen MR) is 69.7 cm³/mol. The monoisotopic (exact) mass is 276 g/mol. The molecule has 0 radical (unpaired) electrons. The lowest BCUT2D eigenvalue weighted by molar-refractivity contribution is -0.142. The van der Waals surface area contributed by atoms with Crippen LogP contribution in [-0.4, -0.2) is 44.9 Å². The number of aromatic nitrogens is 2. The van der Waals surface area contributed by atoms with Gasteiger partial charge in [0.25, 0.3) is 5.91 Å². The number of rotatable bonds is 3. The molecule has 3 N–H and O–H groups in total. The van der Waals surface area contributed by atoms with Crippen LogP contribution in [0.15, 0.2) is 12.4 Å². The number of nitrogens with two attached hydrogens (primary N) is 1. The number of nitrogens with zero attached hydrogens (tertiary/aromatic N) is 3. The summed E-state index contributed by atoms with van der Waals surface area (Å²) < 4.78 is 0. The SMILES string of the molecule is Nc1nccnc1C(=O)N1C[C@H](C(=O)O)[C@@H](C2CC2)C1. The minimum atomic E-state index is -0.829. The predicted octanol–water partition coefficient (Wildman–Crippen LogP) is 0.242. The number of carboxylic acid groups (broad SMARTS) is 1. The number of likely N-dealkylation sites (tertiary alicyclic amines) is 1. The maximum absolute atomic E-state index is 12.4. The van der Waals surface area contributed by atoms with E-state index in [0.717, 1.165) is 12.8 Å². The highest BCUT2D eigenvalue weighted by Crippen LogP contribution is 2.44. The Kier molecular flexibility index (Phi) is 3.04. The van der Waals surface area contributed by atoms with Crippen LogP contribution in [0.4, 0.5) is 5.82 Å². The molecule has 20 heavy (non-hydrogen) atoms. The first-order chi connectivity index (χ1) is 9.58. The Labute approximate surface area is 115 Å². The summed E-state index contributed by atoms with van der Waals surface area (Å²) in [6, 6.07) is 0. The fourth-order valence-electron chi connectivity index (χ4n) is 2.92. The van der Waals surface area contributed by atoms with Crippen molar-refractivity contribution in [2.45, 2.75) is 12.8 Å². The Bertz CT molecular complexity index is 558. The largest absolute Gasteiger partial charge is 0.481 e. The number of carboxylic acids is 1. The molecule has 3 rings (SSSR count). The molecular weight excluding hydrogens is 260 g/mol. The Hall–Kier alpha value is -2.18. The molecule has 1 aliphatic heterocycles. The van der Waals surface area contributed by atoms with E-state index in [1.165, 1.54) is 12.4 Å². The van der Waals surface area contributed by atoms with Crippen molar-refractivity contribution in [1.29, 1.82) is 0 Å². The lowest BCUT2D eigenvalue weighted by Crippen LogP contribution is -2.31. The fraction of sp³-hybridized carbons (Fsp3) is 0.538. The van der Waals surface area contributed by atoms with E-state index in [9.17, 15) is 14.7 Å². The highest BCUT2D eigenvalue weighted by molar-refractivity contribution is 5.96. The number of anilines is 1. The van der Waals surface area contributed by atoms with E-state index in [4.69, 9.17) is 5.73 Å². The van der Waals surface area contributed by atoms with Gasteiger partial charge in [-0.15, -0.1) is 0 Å². The molecule has 1 saturated carbocycles. The van der Waals surface area contributed by atoms with Gasteiger partial charge >= 0.3 is 5.97 Å². The topological polar surface area (TPSA) is 109 Å². The molecule has 0 spiro atoms. The molecule has 0 bridgehead atoms. The number of nitrogen functional groups attached to an aromatic ring is 1. The average molecular weight is 276 g/mol. The van der Waals surface area contributed by atoms with Crippen molar-refractivity contribution in [2.24, 2.45) is 17.8 Å². The van der Waals surface area contributed by atoms with Gasteiger partial charge in [0.05, 0.1) is 5.92 Å². The Balaban J connectivity index is 1.80. The first-order valence-electron chi connectivity index (χ1n) is 6.66. The van der Waals surface area contributed by atoms with Crippen LogP contribution in [0.2, 0.25) is 0 Å². The molecule has 1 aromatic heterocycles. The van der Waals surface area contributed by atoms with E-state index in [2.05, 4.69) is 9.97 Å². The van der Waals surface area contributed by atoms with Crippen LogP contribution >= 0.6 is 0 Å². The molecule has 7 nitrogen and oxygen atoms in total. The van der Waals surface area contributed by atoms with Crippen LogP contribution in [-0.2, 0) is 4.79 Å². The summed E-state index contributed by atoms with van der Waals surface area (Å²) in [5, 5.41) is 9.29. The quantitative estimate of drug-likeness (QED) is 0.818. The molecule has 2 atom stereocenters. The second kappa shape index (κ2) is 4.73. The molecule has 1 aliphatic carbocycles. The maximum atomic E-state index is 12.4. The summed E-state index contributed by atoms with van der Waals surface area (Å²) in [7, 11) is 0. The molecule has 1 amide bonds. The van der Waals surface area contributed by atoms with E-state index < -0.39 is 11.9 Å². The van der Waals surface area contributed by atoms with Crippen molar-refractivity contribution in [2.75, 3.05) is 18.8 Å². The molecule has 2 aliphatic rings. The van der Waals surface area contributed by atoms with Crippen molar-refractivity contribution in [1.82, 2.24) is 14.9 Å². The molecule has 1 aromatic rings. The van der Waals surface area contributed by atoms with Crippen molar-refractivity contribution in [3.05, 3.63) is 18.1 Å². The average Bonchev–Trinajstić information content (AvgIpc) is 3.17. The molecule has 7 heteroatoms. The first-order valence-corrected chi connectivity index (χ1v) is 6.66. The van der Waals surface area contributed by atoms with E-state index in [1.807, 2.05) is 0 Å². The third kappa shape index (κ3) is 2.19. The van der Waals surface area contributed by atoms with Gasteiger partial charge in [0.1, 0.15) is 0 Å². The van der Waals surface area contributed by atoms with E-state index in [1.54, 1.807) is 4.90 Å². The summed E-state index contributed by atoms with van der Waals surface area (Å²) in [5.41, 5.74) is 5.76. The second-order valence-electron chi connectivity index (χ2n) is 5.45. The zero-order chi connectivity index (χ0) is 14.3. The van der Waals surface area contributed by atoms with Gasteiger partial charge in [-0.1, -0.05) is 0 Å². The molecule has 2 heterocycles. The number of carbonyl (C=O) groups excluding carboxylic acids is 1. The zero-order valence-electron chi connectivity index (χ0n) is 10.9. The van der Waals surface area contributed by atoms with Gasteiger partial charge in [0, 0.05) is 25.5 Å². The van der Waals surface area contributed by atoms with Gasteiger partial charge in [0.2, 0.25) is 0 Å². The minimum absolute atomic E-state index is 0.0503. The summed E-state index contributed by atoms with van der Waals surface area (Å²) in [4.78, 5) is 33.0. The van der Waals surface area contributed by atoms with Crippen LogP contribution < -0.4 is 5.73 Å². The summed E-state index contributed by atoms with van der Waals surface area (Å²) in [6.45, 7) is 0.696. The number of amides is 1. The smallest absolute Gasteiger partial charge is 0.308 e. The van der Waals surface area contributed by atoms with Crippen LogP contribution in [0.3, 0.4) is 0 Å². The van der Waals surface area contributed by atoms with Crippen molar-refractivity contribution >= 4 is 17.7 Å². The summed E-state index contributed by atoms with van der Waals surface area (Å²) in [5.74, 6) is -1.07. The molecule has 0 aromatic carbocycles. The maximum Gasteiger partial charge on any atom is 0.308 e. The molecule has 2 fully saturated rings. The van der Waals surface area contributed by atoms with Crippen LogP contribution in [0.1, 0.15) is 23.3 Å². The second-order valence-corrected chi connectivity index (χ2v) is 5.45. The van der Waals surface area contributed by atoms with Crippen LogP contribution in [0.5, 0.6) is 0 Å². The van der Waals surface area contributed by atoms with Crippen LogP contribution in [0, 0.1) is 17.8 Å². The molecule has 1 saturated heterocycles. The van der Waals surface area contributed by atoms with Crippen molar-refractivity contribution in [3.8, 4) is 0 Å². The van der Waals surface area contributed by atoms with Gasteiger partial charge in [-0.25, -0.2) is 9.97 Å². The normalized spacial score (nSPS) is 25.7. The molecule has 0 unspecified atom stereocenters. The minimum Gasteiger partial charge on any atom is -0.481 e. The highest BCUT2D eigenvalue weighted by atomic mass is 16.4. The van der Waals surface area contributed by atoms with Crippen LogP contribution in [0.25, 0.3) is 0 Å². The van der Waals surface area contributed by atoms with Crippen molar-refractivity contribution in [3.63, 3.8) is 0 Å². The Morgan fingerprint density at radius 2 is 1.95 bits per heavy atom. The Morgan fingerprint density at radius 1 is 1.25 bits per heavy atom. The van der Waals surface area contributed by atoms with Gasteiger partial charge in [0.15, 0.2) is 11.5 Å². The van der Waals surface area contributed by atoms with Gasteiger partial charge < -0.3 is 15.7 Å². The highest BCUT2D eigenvalue weighted by Gasteiger charge is 2.47. The Morgan fingerprint density at radius 3 is 2.55 bits per heavy atom. The zero-order valence-corrected chi connectivity index (χ0v) is 10.9. The fourth-order valence-corrected chi connectivity index (χ4v) is 2.92. The molecular formula is C13H16N4O3. The van der Waals surface area contributed by atoms with Gasteiger partial charge in [-0.05, 0) is 24.7 Å². The third-order valence-electron chi connectivity index (χ3n) is 4.13. The van der Waals surface area contributed by atoms with E-state index in [-0.39, 0.29) is 29.9 Å². The first kappa shape index (κ1) is 12.8. The summed E-state index contributed by atoms with van der Waals surface area (Å²) in [6.07, 6.45) is 4.95. The lowest BCUT2D eigenvalue weighted by atomic mass is 9.92. The number of carbonyl (C=O) groups is 2.